The van der Waals surface area contributed by atoms with Gasteiger partial charge in [0, 0.05) is 6.07 Å². The minimum atomic E-state index is -0.0391. The molecule has 6 nitrogen and oxygen atoms in total. The number of benzene rings is 2. The van der Waals surface area contributed by atoms with Crippen molar-refractivity contribution in [1.82, 2.24) is 15.0 Å². The maximum Gasteiger partial charge on any atom is 0.143 e. The number of hydrogen-bond donors (Lipinski definition) is 2. The molecule has 1 heterocycles. The lowest BCUT2D eigenvalue weighted by Gasteiger charge is -2.02. The van der Waals surface area contributed by atoms with E-state index in [9.17, 15) is 5.11 Å². The van der Waals surface area contributed by atoms with Crippen LogP contribution in [0.3, 0.4) is 0 Å². The molecule has 102 valence electrons. The van der Waals surface area contributed by atoms with Crippen LogP contribution in [0.1, 0.15) is 0 Å². The summed E-state index contributed by atoms with van der Waals surface area (Å²) >= 11 is 0. The Labute approximate surface area is 114 Å². The molecular formula is C14H13N3O3. The van der Waals surface area contributed by atoms with Crippen molar-refractivity contribution >= 4 is 11.0 Å². The average Bonchev–Trinajstić information content (AvgIpc) is 2.88. The number of aliphatic hydroxyl groups is 1. The molecular weight excluding hydrogens is 258 g/mol. The summed E-state index contributed by atoms with van der Waals surface area (Å²) in [4.78, 5) is 1.38. The van der Waals surface area contributed by atoms with Crippen LogP contribution in [0, 0.1) is 0 Å². The van der Waals surface area contributed by atoms with Crippen molar-refractivity contribution in [2.24, 2.45) is 0 Å². The summed E-state index contributed by atoms with van der Waals surface area (Å²) in [6, 6.07) is 12.2. The van der Waals surface area contributed by atoms with Crippen LogP contribution in [0.25, 0.3) is 16.7 Å². The molecule has 0 fully saturated rings. The Hall–Kier alpha value is -2.60. The topological polar surface area (TPSA) is 80.4 Å². The molecule has 0 spiro atoms. The number of rotatable bonds is 4. The van der Waals surface area contributed by atoms with Gasteiger partial charge in [0.1, 0.15) is 34.8 Å². The van der Waals surface area contributed by atoms with E-state index in [4.69, 9.17) is 9.84 Å². The van der Waals surface area contributed by atoms with Gasteiger partial charge in [0.25, 0.3) is 0 Å². The SMILES string of the molecule is OCCOc1ccc2nn(-c3ccccc3O)nc2c1. The summed E-state index contributed by atoms with van der Waals surface area (Å²) in [5.41, 5.74) is 1.87. The maximum absolute atomic E-state index is 9.81. The highest BCUT2D eigenvalue weighted by molar-refractivity contribution is 5.75. The van der Waals surface area contributed by atoms with Gasteiger partial charge in [-0.2, -0.15) is 0 Å². The molecule has 3 rings (SSSR count). The molecule has 0 aliphatic heterocycles. The summed E-state index contributed by atoms with van der Waals surface area (Å²) in [6.45, 7) is 0.196. The van der Waals surface area contributed by atoms with Crippen LogP contribution in [0.5, 0.6) is 11.5 Å². The van der Waals surface area contributed by atoms with Crippen molar-refractivity contribution in [1.29, 1.82) is 0 Å². The monoisotopic (exact) mass is 271 g/mol. The normalized spacial score (nSPS) is 10.8. The van der Waals surface area contributed by atoms with Gasteiger partial charge in [-0.15, -0.1) is 15.0 Å². The Morgan fingerprint density at radius 1 is 1.05 bits per heavy atom. The molecule has 0 aliphatic carbocycles. The summed E-state index contributed by atoms with van der Waals surface area (Å²) in [7, 11) is 0. The lowest BCUT2D eigenvalue weighted by atomic mass is 10.3. The van der Waals surface area contributed by atoms with E-state index in [0.717, 1.165) is 0 Å². The number of aliphatic hydroxyl groups excluding tert-OH is 1. The third-order valence-electron chi connectivity index (χ3n) is 2.81. The van der Waals surface area contributed by atoms with Gasteiger partial charge in [0.15, 0.2) is 0 Å². The molecule has 2 N–H and O–H groups in total. The molecule has 0 atom stereocenters. The zero-order valence-corrected chi connectivity index (χ0v) is 10.6. The van der Waals surface area contributed by atoms with Crippen LogP contribution in [0.2, 0.25) is 0 Å². The zero-order chi connectivity index (χ0) is 13.9. The second-order valence-electron chi connectivity index (χ2n) is 4.20. The van der Waals surface area contributed by atoms with Crippen molar-refractivity contribution in [3.63, 3.8) is 0 Å². The van der Waals surface area contributed by atoms with Gasteiger partial charge in [-0.25, -0.2) is 0 Å². The van der Waals surface area contributed by atoms with E-state index in [0.29, 0.717) is 22.5 Å². The van der Waals surface area contributed by atoms with Crippen LogP contribution >= 0.6 is 0 Å². The zero-order valence-electron chi connectivity index (χ0n) is 10.6. The van der Waals surface area contributed by atoms with Crippen LogP contribution in [0.4, 0.5) is 0 Å². The van der Waals surface area contributed by atoms with Gasteiger partial charge in [-0.1, -0.05) is 12.1 Å². The predicted molar refractivity (Wildman–Crippen MR) is 73.1 cm³/mol. The molecule has 0 radical (unpaired) electrons. The van der Waals surface area contributed by atoms with Gasteiger partial charge < -0.3 is 14.9 Å². The molecule has 20 heavy (non-hydrogen) atoms. The first-order valence-corrected chi connectivity index (χ1v) is 6.17. The first kappa shape index (κ1) is 12.4. The molecule has 0 unspecified atom stereocenters. The minimum absolute atomic E-state index is 0.0391. The van der Waals surface area contributed by atoms with Crippen LogP contribution < -0.4 is 4.74 Å². The number of phenols is 1. The Balaban J connectivity index is 2.00. The van der Waals surface area contributed by atoms with Crippen molar-refractivity contribution in [2.45, 2.75) is 0 Å². The first-order valence-electron chi connectivity index (χ1n) is 6.17. The average molecular weight is 271 g/mol. The van der Waals surface area contributed by atoms with E-state index in [1.54, 1.807) is 42.5 Å². The van der Waals surface area contributed by atoms with Gasteiger partial charge >= 0.3 is 0 Å². The fourth-order valence-electron chi connectivity index (χ4n) is 1.89. The van der Waals surface area contributed by atoms with E-state index in [1.807, 2.05) is 0 Å². The molecule has 2 aromatic carbocycles. The first-order chi connectivity index (χ1) is 9.78. The largest absolute Gasteiger partial charge is 0.506 e. The Kier molecular flexibility index (Phi) is 3.22. The maximum atomic E-state index is 9.81. The number of hydrogen-bond acceptors (Lipinski definition) is 5. The van der Waals surface area contributed by atoms with Gasteiger partial charge in [-0.05, 0) is 24.3 Å². The molecule has 0 saturated heterocycles. The van der Waals surface area contributed by atoms with E-state index < -0.39 is 0 Å². The minimum Gasteiger partial charge on any atom is -0.506 e. The smallest absolute Gasteiger partial charge is 0.143 e. The number of aromatic nitrogens is 3. The fraction of sp³-hybridized carbons (Fsp3) is 0.143. The highest BCUT2D eigenvalue weighted by Gasteiger charge is 2.08. The van der Waals surface area contributed by atoms with E-state index in [1.165, 1.54) is 4.80 Å². The van der Waals surface area contributed by atoms with Crippen molar-refractivity contribution in [3.05, 3.63) is 42.5 Å². The highest BCUT2D eigenvalue weighted by atomic mass is 16.5. The van der Waals surface area contributed by atoms with Crippen molar-refractivity contribution in [2.75, 3.05) is 13.2 Å². The summed E-state index contributed by atoms with van der Waals surface area (Å²) < 4.78 is 5.33. The quantitative estimate of drug-likeness (QED) is 0.751. The standard InChI is InChI=1S/C14H13N3O3/c18-7-8-20-10-5-6-11-12(9-10)16-17(15-11)13-3-1-2-4-14(13)19/h1-6,9,18-19H,7-8H2. The fourth-order valence-corrected chi connectivity index (χ4v) is 1.89. The summed E-state index contributed by atoms with van der Waals surface area (Å²) in [5, 5.41) is 27.2. The second kappa shape index (κ2) is 5.18. The lowest BCUT2D eigenvalue weighted by molar-refractivity contribution is 0.201. The lowest BCUT2D eigenvalue weighted by Crippen LogP contribution is -2.01. The molecule has 0 amide bonds. The van der Waals surface area contributed by atoms with Gasteiger partial charge in [-0.3, -0.25) is 0 Å². The Bertz CT molecular complexity index is 739. The number of aromatic hydroxyl groups is 1. The third-order valence-corrected chi connectivity index (χ3v) is 2.81. The Morgan fingerprint density at radius 3 is 2.65 bits per heavy atom. The second-order valence-corrected chi connectivity index (χ2v) is 4.20. The molecule has 1 aromatic heterocycles. The molecule has 3 aromatic rings. The molecule has 0 bridgehead atoms. The number of para-hydroxylation sites is 2. The van der Waals surface area contributed by atoms with Crippen LogP contribution in [0.15, 0.2) is 42.5 Å². The summed E-state index contributed by atoms with van der Waals surface area (Å²) in [5.74, 6) is 0.737. The summed E-state index contributed by atoms with van der Waals surface area (Å²) in [6.07, 6.45) is 0. The van der Waals surface area contributed by atoms with E-state index in [-0.39, 0.29) is 19.0 Å². The van der Waals surface area contributed by atoms with Gasteiger partial charge in [0.05, 0.1) is 6.61 Å². The van der Waals surface area contributed by atoms with E-state index in [2.05, 4.69) is 10.2 Å². The van der Waals surface area contributed by atoms with Crippen molar-refractivity contribution in [3.8, 4) is 17.2 Å². The number of fused-ring (bicyclic) bond motifs is 1. The third kappa shape index (κ3) is 2.28. The highest BCUT2D eigenvalue weighted by Crippen LogP contribution is 2.22. The molecule has 6 heteroatoms. The Morgan fingerprint density at radius 2 is 1.85 bits per heavy atom. The number of phenolic OH excluding ortho intramolecular Hbond substituents is 1. The molecule has 0 saturated carbocycles. The van der Waals surface area contributed by atoms with Crippen LogP contribution in [-0.2, 0) is 0 Å². The predicted octanol–water partition coefficient (Wildman–Crippen LogP) is 1.50. The number of nitrogens with zero attached hydrogens (tertiary/aromatic N) is 3. The molecule has 0 aliphatic rings. The van der Waals surface area contributed by atoms with E-state index >= 15 is 0 Å². The van der Waals surface area contributed by atoms with Gasteiger partial charge in [0.2, 0.25) is 0 Å². The van der Waals surface area contributed by atoms with Crippen LogP contribution in [-0.4, -0.2) is 38.4 Å². The van der Waals surface area contributed by atoms with Crippen molar-refractivity contribution < 1.29 is 14.9 Å². The number of ether oxygens (including phenoxy) is 1.